The molecule has 3 heteroatoms. The SMILES string of the molecule is Clc1cnccc1/C=C1/CCCNCC1. The van der Waals surface area contributed by atoms with Crippen LogP contribution in [0.5, 0.6) is 0 Å². The van der Waals surface area contributed by atoms with Crippen LogP contribution >= 0.6 is 11.6 Å². The first kappa shape index (κ1) is 10.7. The van der Waals surface area contributed by atoms with E-state index < -0.39 is 0 Å². The number of hydrogen-bond acceptors (Lipinski definition) is 2. The van der Waals surface area contributed by atoms with Crippen LogP contribution in [0.3, 0.4) is 0 Å². The highest BCUT2D eigenvalue weighted by Gasteiger charge is 2.04. The molecule has 0 amide bonds. The average Bonchev–Trinajstić information content (AvgIpc) is 2.50. The molecule has 0 saturated carbocycles. The number of hydrogen-bond donors (Lipinski definition) is 1. The van der Waals surface area contributed by atoms with Crippen LogP contribution in [0, 0.1) is 0 Å². The van der Waals surface area contributed by atoms with E-state index in [0.717, 1.165) is 30.1 Å². The van der Waals surface area contributed by atoms with E-state index in [9.17, 15) is 0 Å². The monoisotopic (exact) mass is 222 g/mol. The van der Waals surface area contributed by atoms with Crippen LogP contribution in [0.4, 0.5) is 0 Å². The lowest BCUT2D eigenvalue weighted by Crippen LogP contribution is -2.13. The minimum absolute atomic E-state index is 0.738. The molecule has 80 valence electrons. The van der Waals surface area contributed by atoms with Crippen molar-refractivity contribution in [1.82, 2.24) is 10.3 Å². The zero-order chi connectivity index (χ0) is 10.5. The number of pyridine rings is 1. The Morgan fingerprint density at radius 2 is 2.27 bits per heavy atom. The van der Waals surface area contributed by atoms with E-state index in [1.807, 2.05) is 6.07 Å². The van der Waals surface area contributed by atoms with Gasteiger partial charge in [0.1, 0.15) is 0 Å². The lowest BCUT2D eigenvalue weighted by molar-refractivity contribution is 0.703. The predicted octanol–water partition coefficient (Wildman–Crippen LogP) is 2.89. The molecule has 1 N–H and O–H groups in total. The van der Waals surface area contributed by atoms with E-state index >= 15 is 0 Å². The van der Waals surface area contributed by atoms with Crippen LogP contribution < -0.4 is 5.32 Å². The molecule has 0 atom stereocenters. The van der Waals surface area contributed by atoms with Crippen molar-refractivity contribution in [2.45, 2.75) is 19.3 Å². The van der Waals surface area contributed by atoms with Crippen LogP contribution in [0.2, 0.25) is 5.02 Å². The topological polar surface area (TPSA) is 24.9 Å². The van der Waals surface area contributed by atoms with E-state index in [4.69, 9.17) is 11.6 Å². The number of halogens is 1. The molecule has 15 heavy (non-hydrogen) atoms. The van der Waals surface area contributed by atoms with Crippen LogP contribution in [0.25, 0.3) is 6.08 Å². The number of nitrogens with one attached hydrogen (secondary N) is 1. The fraction of sp³-hybridized carbons (Fsp3) is 0.417. The third-order valence-corrected chi connectivity index (χ3v) is 2.95. The van der Waals surface area contributed by atoms with Gasteiger partial charge in [0.05, 0.1) is 5.02 Å². The quantitative estimate of drug-likeness (QED) is 0.791. The number of aromatic nitrogens is 1. The highest BCUT2D eigenvalue weighted by Crippen LogP contribution is 2.21. The van der Waals surface area contributed by atoms with Gasteiger partial charge in [0, 0.05) is 12.4 Å². The summed E-state index contributed by atoms with van der Waals surface area (Å²) in [6.07, 6.45) is 9.20. The molecule has 1 saturated heterocycles. The van der Waals surface area contributed by atoms with Crippen LogP contribution in [-0.2, 0) is 0 Å². The first-order chi connectivity index (χ1) is 7.36. The Balaban J connectivity index is 2.17. The first-order valence-electron chi connectivity index (χ1n) is 5.36. The van der Waals surface area contributed by atoms with Gasteiger partial charge in [-0.1, -0.05) is 23.3 Å². The fourth-order valence-electron chi connectivity index (χ4n) is 1.81. The maximum atomic E-state index is 6.06. The van der Waals surface area contributed by atoms with Gasteiger partial charge in [0.25, 0.3) is 0 Å². The van der Waals surface area contributed by atoms with E-state index in [-0.39, 0.29) is 0 Å². The second kappa shape index (κ2) is 5.29. The summed E-state index contributed by atoms with van der Waals surface area (Å²) in [7, 11) is 0. The highest BCUT2D eigenvalue weighted by molar-refractivity contribution is 6.31. The predicted molar refractivity (Wildman–Crippen MR) is 63.9 cm³/mol. The maximum absolute atomic E-state index is 6.06. The fourth-order valence-corrected chi connectivity index (χ4v) is 1.98. The molecule has 1 aromatic rings. The van der Waals surface area contributed by atoms with Gasteiger partial charge in [-0.25, -0.2) is 0 Å². The molecule has 0 aromatic carbocycles. The van der Waals surface area contributed by atoms with Crippen LogP contribution in [-0.4, -0.2) is 18.1 Å². The summed E-state index contributed by atoms with van der Waals surface area (Å²) >= 11 is 6.06. The van der Waals surface area contributed by atoms with E-state index in [1.165, 1.54) is 18.4 Å². The van der Waals surface area contributed by atoms with Gasteiger partial charge in [-0.05, 0) is 44.0 Å². The summed E-state index contributed by atoms with van der Waals surface area (Å²) < 4.78 is 0. The minimum Gasteiger partial charge on any atom is -0.316 e. The van der Waals surface area contributed by atoms with E-state index in [0.29, 0.717) is 0 Å². The molecule has 2 nitrogen and oxygen atoms in total. The molecule has 1 fully saturated rings. The van der Waals surface area contributed by atoms with Gasteiger partial charge in [0.2, 0.25) is 0 Å². The average molecular weight is 223 g/mol. The van der Waals surface area contributed by atoms with Crippen molar-refractivity contribution in [2.24, 2.45) is 0 Å². The molecule has 2 heterocycles. The Labute approximate surface area is 95.4 Å². The summed E-state index contributed by atoms with van der Waals surface area (Å²) in [5.41, 5.74) is 2.57. The van der Waals surface area contributed by atoms with E-state index in [2.05, 4.69) is 16.4 Å². The molecule has 1 aromatic heterocycles. The molecule has 0 unspecified atom stereocenters. The van der Waals surface area contributed by atoms with Gasteiger partial charge < -0.3 is 5.32 Å². The van der Waals surface area contributed by atoms with Gasteiger partial charge >= 0.3 is 0 Å². The third-order valence-electron chi connectivity index (χ3n) is 2.64. The molecular weight excluding hydrogens is 208 g/mol. The summed E-state index contributed by atoms with van der Waals surface area (Å²) in [4.78, 5) is 3.98. The third kappa shape index (κ3) is 3.05. The Morgan fingerprint density at radius 3 is 3.13 bits per heavy atom. The van der Waals surface area contributed by atoms with Crippen LogP contribution in [0.1, 0.15) is 24.8 Å². The standard InChI is InChI=1S/C12H15ClN2/c13-12-9-15-7-4-11(12)8-10-2-1-5-14-6-3-10/h4,7-9,14H,1-3,5-6H2/b10-8-. The highest BCUT2D eigenvalue weighted by atomic mass is 35.5. The summed E-state index contributed by atoms with van der Waals surface area (Å²) in [6.45, 7) is 2.20. The van der Waals surface area contributed by atoms with Crippen molar-refractivity contribution in [3.8, 4) is 0 Å². The molecule has 1 aliphatic heterocycles. The summed E-state index contributed by atoms with van der Waals surface area (Å²) in [5.74, 6) is 0. The van der Waals surface area contributed by atoms with Crippen molar-refractivity contribution in [1.29, 1.82) is 0 Å². The van der Waals surface area contributed by atoms with Crippen molar-refractivity contribution in [3.63, 3.8) is 0 Å². The Kier molecular flexibility index (Phi) is 3.75. The van der Waals surface area contributed by atoms with Crippen molar-refractivity contribution >= 4 is 17.7 Å². The molecular formula is C12H15ClN2. The zero-order valence-electron chi connectivity index (χ0n) is 8.67. The van der Waals surface area contributed by atoms with Crippen molar-refractivity contribution in [2.75, 3.05) is 13.1 Å². The van der Waals surface area contributed by atoms with Gasteiger partial charge in [-0.2, -0.15) is 0 Å². The smallest absolute Gasteiger partial charge is 0.0661 e. The molecule has 0 bridgehead atoms. The zero-order valence-corrected chi connectivity index (χ0v) is 9.43. The van der Waals surface area contributed by atoms with Crippen molar-refractivity contribution in [3.05, 3.63) is 34.6 Å². The molecule has 0 spiro atoms. The minimum atomic E-state index is 0.738. The van der Waals surface area contributed by atoms with Gasteiger partial charge in [-0.15, -0.1) is 0 Å². The second-order valence-electron chi connectivity index (χ2n) is 3.80. The Hall–Kier alpha value is -0.860. The number of nitrogens with zero attached hydrogens (tertiary/aromatic N) is 1. The summed E-state index contributed by atoms with van der Waals surface area (Å²) in [6, 6.07) is 1.97. The Bertz CT molecular complexity index is 350. The number of rotatable bonds is 1. The Morgan fingerprint density at radius 1 is 1.33 bits per heavy atom. The largest absolute Gasteiger partial charge is 0.316 e. The van der Waals surface area contributed by atoms with Gasteiger partial charge in [-0.3, -0.25) is 4.98 Å². The lowest BCUT2D eigenvalue weighted by atomic mass is 10.1. The second-order valence-corrected chi connectivity index (χ2v) is 4.21. The van der Waals surface area contributed by atoms with E-state index in [1.54, 1.807) is 12.4 Å². The van der Waals surface area contributed by atoms with Crippen LogP contribution in [0.15, 0.2) is 24.0 Å². The molecule has 0 aliphatic carbocycles. The molecule has 2 rings (SSSR count). The molecule has 0 radical (unpaired) electrons. The first-order valence-corrected chi connectivity index (χ1v) is 5.74. The van der Waals surface area contributed by atoms with Gasteiger partial charge in [0.15, 0.2) is 0 Å². The maximum Gasteiger partial charge on any atom is 0.0661 e. The molecule has 1 aliphatic rings. The van der Waals surface area contributed by atoms with Crippen molar-refractivity contribution < 1.29 is 0 Å². The normalized spacial score (nSPS) is 20.2. The lowest BCUT2D eigenvalue weighted by Gasteiger charge is -2.03. The summed E-state index contributed by atoms with van der Waals surface area (Å²) in [5, 5.41) is 4.13.